The first-order chi connectivity index (χ1) is 8.87. The van der Waals surface area contributed by atoms with Gasteiger partial charge in [-0.15, -0.1) is 0 Å². The molecule has 2 rings (SSSR count). The van der Waals surface area contributed by atoms with Gasteiger partial charge in [-0.3, -0.25) is 9.07 Å². The third kappa shape index (κ3) is 2.53. The topological polar surface area (TPSA) is 55.2 Å². The number of sulfonamides is 1. The zero-order chi connectivity index (χ0) is 14.2. The molecule has 108 valence electrons. The van der Waals surface area contributed by atoms with Crippen LogP contribution in [0.25, 0.3) is 0 Å². The molecule has 0 radical (unpaired) electrons. The van der Waals surface area contributed by atoms with Crippen LogP contribution in [0.15, 0.2) is 4.90 Å². The molecule has 0 spiro atoms. The van der Waals surface area contributed by atoms with E-state index in [1.807, 2.05) is 0 Å². The summed E-state index contributed by atoms with van der Waals surface area (Å²) in [5.41, 5.74) is 1.13. The summed E-state index contributed by atoms with van der Waals surface area (Å²) in [6, 6.07) is 0. The van der Waals surface area contributed by atoms with Gasteiger partial charge >= 0.3 is 0 Å². The fourth-order valence-electron chi connectivity index (χ4n) is 2.63. The molecule has 0 aromatic carbocycles. The minimum atomic E-state index is -3.56. The molecule has 1 aliphatic rings. The third-order valence-corrected chi connectivity index (χ3v) is 5.86. The molecule has 0 bridgehead atoms. The number of alkyl halides is 1. The van der Waals surface area contributed by atoms with Crippen LogP contribution in [0.4, 0.5) is 4.39 Å². The molecule has 1 aliphatic heterocycles. The lowest BCUT2D eigenvalue weighted by atomic mass is 10.0. The maximum Gasteiger partial charge on any atom is 0.246 e. The average Bonchev–Trinajstić information content (AvgIpc) is 2.63. The summed E-state index contributed by atoms with van der Waals surface area (Å²) in [6.45, 7) is 3.70. The predicted molar refractivity (Wildman–Crippen MR) is 70.1 cm³/mol. The number of rotatable bonds is 3. The SMILES string of the molecule is Cc1nn(C)c(C)c1S(=O)(=O)N1CCCC(CF)C1. The van der Waals surface area contributed by atoms with Gasteiger partial charge in [0.15, 0.2) is 0 Å². The van der Waals surface area contributed by atoms with Crippen LogP contribution in [0.1, 0.15) is 24.2 Å². The van der Waals surface area contributed by atoms with Gasteiger partial charge in [-0.2, -0.15) is 9.40 Å². The molecular weight excluding hydrogens is 269 g/mol. The highest BCUT2D eigenvalue weighted by atomic mass is 32.2. The van der Waals surface area contributed by atoms with Crippen molar-refractivity contribution < 1.29 is 12.8 Å². The van der Waals surface area contributed by atoms with Crippen LogP contribution >= 0.6 is 0 Å². The summed E-state index contributed by atoms with van der Waals surface area (Å²) in [7, 11) is -1.84. The van der Waals surface area contributed by atoms with E-state index < -0.39 is 16.7 Å². The lowest BCUT2D eigenvalue weighted by Gasteiger charge is -2.30. The Balaban J connectivity index is 2.37. The largest absolute Gasteiger partial charge is 0.271 e. The van der Waals surface area contributed by atoms with Gasteiger partial charge in [0.05, 0.1) is 18.1 Å². The number of aromatic nitrogens is 2. The molecule has 0 saturated carbocycles. The van der Waals surface area contributed by atoms with E-state index in [-0.39, 0.29) is 17.4 Å². The van der Waals surface area contributed by atoms with Crippen molar-refractivity contribution in [3.8, 4) is 0 Å². The second-order valence-electron chi connectivity index (χ2n) is 5.15. The summed E-state index contributed by atoms with van der Waals surface area (Å²) >= 11 is 0. The van der Waals surface area contributed by atoms with Crippen molar-refractivity contribution in [2.24, 2.45) is 13.0 Å². The Morgan fingerprint density at radius 2 is 2.11 bits per heavy atom. The highest BCUT2D eigenvalue weighted by Gasteiger charge is 2.33. The quantitative estimate of drug-likeness (QED) is 0.845. The maximum absolute atomic E-state index is 12.8. The molecule has 1 unspecified atom stereocenters. The monoisotopic (exact) mass is 289 g/mol. The van der Waals surface area contributed by atoms with Crippen LogP contribution < -0.4 is 0 Å². The standard InChI is InChI=1S/C12H20FN3O2S/c1-9-12(10(2)15(3)14-9)19(17,18)16-6-4-5-11(7-13)8-16/h11H,4-8H2,1-3H3. The fraction of sp³-hybridized carbons (Fsp3) is 0.750. The minimum Gasteiger partial charge on any atom is -0.271 e. The zero-order valence-corrected chi connectivity index (χ0v) is 12.4. The number of nitrogens with zero attached hydrogens (tertiary/aromatic N) is 3. The smallest absolute Gasteiger partial charge is 0.246 e. The second kappa shape index (κ2) is 5.20. The van der Waals surface area contributed by atoms with Crippen molar-refractivity contribution in [3.63, 3.8) is 0 Å². The van der Waals surface area contributed by atoms with E-state index in [2.05, 4.69) is 5.10 Å². The first-order valence-electron chi connectivity index (χ1n) is 6.44. The van der Waals surface area contributed by atoms with E-state index in [1.54, 1.807) is 25.6 Å². The molecule has 0 N–H and O–H groups in total. The summed E-state index contributed by atoms with van der Waals surface area (Å²) in [5, 5.41) is 4.15. The van der Waals surface area contributed by atoms with Gasteiger partial charge in [0.25, 0.3) is 0 Å². The highest BCUT2D eigenvalue weighted by molar-refractivity contribution is 7.89. The Bertz CT molecular complexity index is 568. The van der Waals surface area contributed by atoms with Gasteiger partial charge < -0.3 is 0 Å². The summed E-state index contributed by atoms with van der Waals surface area (Å²) in [5.74, 6) is -0.180. The van der Waals surface area contributed by atoms with Crippen molar-refractivity contribution >= 4 is 10.0 Å². The lowest BCUT2D eigenvalue weighted by Crippen LogP contribution is -2.40. The van der Waals surface area contributed by atoms with Gasteiger partial charge in [-0.1, -0.05) is 0 Å². The fourth-order valence-corrected chi connectivity index (χ4v) is 4.58. The Kier molecular flexibility index (Phi) is 3.96. The van der Waals surface area contributed by atoms with E-state index in [4.69, 9.17) is 0 Å². The molecule has 1 aromatic rings. The molecule has 0 aliphatic carbocycles. The van der Waals surface area contributed by atoms with Gasteiger partial charge in [0, 0.05) is 26.1 Å². The average molecular weight is 289 g/mol. The predicted octanol–water partition coefficient (Wildman–Crippen LogP) is 1.41. The van der Waals surface area contributed by atoms with E-state index in [9.17, 15) is 12.8 Å². The van der Waals surface area contributed by atoms with E-state index in [0.717, 1.165) is 6.42 Å². The number of piperidine rings is 1. The third-order valence-electron chi connectivity index (χ3n) is 3.74. The molecular formula is C12H20FN3O2S. The van der Waals surface area contributed by atoms with Crippen molar-refractivity contribution in [2.45, 2.75) is 31.6 Å². The van der Waals surface area contributed by atoms with Crippen LogP contribution in [0.5, 0.6) is 0 Å². The molecule has 7 heteroatoms. The normalized spacial score (nSPS) is 21.8. The Morgan fingerprint density at radius 1 is 1.42 bits per heavy atom. The molecule has 1 atom stereocenters. The number of halogens is 1. The van der Waals surface area contributed by atoms with Crippen LogP contribution in [0.3, 0.4) is 0 Å². The van der Waals surface area contributed by atoms with Crippen LogP contribution in [0.2, 0.25) is 0 Å². The lowest BCUT2D eigenvalue weighted by molar-refractivity contribution is 0.226. The molecule has 5 nitrogen and oxygen atoms in total. The van der Waals surface area contributed by atoms with Crippen LogP contribution in [-0.2, 0) is 17.1 Å². The molecule has 1 fully saturated rings. The van der Waals surface area contributed by atoms with Crippen LogP contribution in [-0.4, -0.2) is 42.3 Å². The van der Waals surface area contributed by atoms with E-state index >= 15 is 0 Å². The highest BCUT2D eigenvalue weighted by Crippen LogP contribution is 2.27. The zero-order valence-electron chi connectivity index (χ0n) is 11.6. The van der Waals surface area contributed by atoms with Gasteiger partial charge in [0.2, 0.25) is 10.0 Å². The number of hydrogen-bond donors (Lipinski definition) is 0. The first-order valence-corrected chi connectivity index (χ1v) is 7.88. The molecule has 19 heavy (non-hydrogen) atoms. The Morgan fingerprint density at radius 3 is 2.63 bits per heavy atom. The number of aryl methyl sites for hydroxylation is 2. The Hall–Kier alpha value is -0.950. The van der Waals surface area contributed by atoms with Crippen LogP contribution in [0, 0.1) is 19.8 Å². The van der Waals surface area contributed by atoms with Crippen molar-refractivity contribution in [1.82, 2.24) is 14.1 Å². The maximum atomic E-state index is 12.8. The van der Waals surface area contributed by atoms with Crippen molar-refractivity contribution in [1.29, 1.82) is 0 Å². The summed E-state index contributed by atoms with van der Waals surface area (Å²) in [6.07, 6.45) is 1.47. The second-order valence-corrected chi connectivity index (χ2v) is 7.02. The molecule has 0 amide bonds. The first kappa shape index (κ1) is 14.5. The Labute approximate surface area is 113 Å². The molecule has 1 aromatic heterocycles. The number of hydrogen-bond acceptors (Lipinski definition) is 3. The molecule has 1 saturated heterocycles. The minimum absolute atomic E-state index is 0.180. The van der Waals surface area contributed by atoms with Crippen molar-refractivity contribution in [2.75, 3.05) is 19.8 Å². The molecule has 2 heterocycles. The van der Waals surface area contributed by atoms with Gasteiger partial charge in [-0.25, -0.2) is 8.42 Å². The summed E-state index contributed by atoms with van der Waals surface area (Å²) < 4.78 is 41.0. The van der Waals surface area contributed by atoms with Crippen molar-refractivity contribution in [3.05, 3.63) is 11.4 Å². The summed E-state index contributed by atoms with van der Waals surface area (Å²) in [4.78, 5) is 0.273. The van der Waals surface area contributed by atoms with Gasteiger partial charge in [0.1, 0.15) is 4.90 Å². The van der Waals surface area contributed by atoms with E-state index in [1.165, 1.54) is 4.31 Å². The van der Waals surface area contributed by atoms with Gasteiger partial charge in [-0.05, 0) is 26.7 Å². The van der Waals surface area contributed by atoms with E-state index in [0.29, 0.717) is 24.4 Å².